The predicted octanol–water partition coefficient (Wildman–Crippen LogP) is 2.58. The molecule has 0 aliphatic rings. The maximum absolute atomic E-state index is 11.3. The van der Waals surface area contributed by atoms with Gasteiger partial charge in [0.2, 0.25) is 11.2 Å². The number of aromatic nitrogens is 2. The molecule has 5 nitrogen and oxygen atoms in total. The standard InChI is InChI=1S/C12H15ClN4OS/c1-6-4-7-8(15-5-12(2,3)10(14)18)16-11(13)17-9(7)19-6/h4H,5H2,1-3H3,(H2,14,18)(H,15,16,17). The molecular weight excluding hydrogens is 284 g/mol. The fraction of sp³-hybridized carbons (Fsp3) is 0.417. The van der Waals surface area contributed by atoms with E-state index < -0.39 is 5.41 Å². The fourth-order valence-corrected chi connectivity index (χ4v) is 2.64. The van der Waals surface area contributed by atoms with Crippen molar-refractivity contribution in [3.05, 3.63) is 16.2 Å². The van der Waals surface area contributed by atoms with E-state index in [1.54, 1.807) is 25.2 Å². The van der Waals surface area contributed by atoms with E-state index >= 15 is 0 Å². The molecule has 0 atom stereocenters. The molecule has 2 heterocycles. The Bertz CT molecular complexity index is 638. The Morgan fingerprint density at radius 2 is 2.21 bits per heavy atom. The largest absolute Gasteiger partial charge is 0.369 e. The molecule has 2 aromatic heterocycles. The van der Waals surface area contributed by atoms with Gasteiger partial charge in [0.15, 0.2) is 0 Å². The van der Waals surface area contributed by atoms with Crippen molar-refractivity contribution in [3.8, 4) is 0 Å². The number of halogens is 1. The summed E-state index contributed by atoms with van der Waals surface area (Å²) in [5, 5.41) is 4.23. The molecule has 0 aliphatic heterocycles. The number of thiophene rings is 1. The minimum absolute atomic E-state index is 0.189. The van der Waals surface area contributed by atoms with Crippen LogP contribution in [0.4, 0.5) is 5.82 Å². The van der Waals surface area contributed by atoms with Crippen molar-refractivity contribution in [2.24, 2.45) is 11.1 Å². The van der Waals surface area contributed by atoms with Crippen molar-refractivity contribution in [1.82, 2.24) is 9.97 Å². The molecule has 0 radical (unpaired) electrons. The molecule has 0 unspecified atom stereocenters. The number of primary amides is 1. The smallest absolute Gasteiger partial charge is 0.225 e. The average molecular weight is 299 g/mol. The maximum atomic E-state index is 11.3. The van der Waals surface area contributed by atoms with Gasteiger partial charge in [-0.3, -0.25) is 4.79 Å². The summed E-state index contributed by atoms with van der Waals surface area (Å²) in [6, 6.07) is 2.00. The Morgan fingerprint density at radius 1 is 1.53 bits per heavy atom. The van der Waals surface area contributed by atoms with Crippen LogP contribution in [0.25, 0.3) is 10.2 Å². The summed E-state index contributed by atoms with van der Waals surface area (Å²) < 4.78 is 0. The third-order valence-corrected chi connectivity index (χ3v) is 3.97. The number of amides is 1. The lowest BCUT2D eigenvalue weighted by atomic mass is 9.93. The summed E-state index contributed by atoms with van der Waals surface area (Å²) >= 11 is 7.45. The van der Waals surface area contributed by atoms with Crippen molar-refractivity contribution in [2.45, 2.75) is 20.8 Å². The van der Waals surface area contributed by atoms with Crippen LogP contribution in [0.3, 0.4) is 0 Å². The second-order valence-corrected chi connectivity index (χ2v) is 6.59. The molecule has 102 valence electrons. The van der Waals surface area contributed by atoms with Gasteiger partial charge in [-0.2, -0.15) is 0 Å². The number of fused-ring (bicyclic) bond motifs is 1. The number of rotatable bonds is 4. The Balaban J connectivity index is 2.32. The number of carbonyl (C=O) groups is 1. The summed E-state index contributed by atoms with van der Waals surface area (Å²) in [7, 11) is 0. The molecule has 0 aromatic carbocycles. The monoisotopic (exact) mass is 298 g/mol. The molecule has 2 rings (SSSR count). The number of nitrogens with one attached hydrogen (secondary N) is 1. The molecule has 0 aliphatic carbocycles. The van der Waals surface area contributed by atoms with Gasteiger partial charge < -0.3 is 11.1 Å². The molecule has 2 aromatic rings. The number of hydrogen-bond acceptors (Lipinski definition) is 5. The number of nitrogens with zero attached hydrogens (tertiary/aromatic N) is 2. The van der Waals surface area contributed by atoms with Gasteiger partial charge in [0.25, 0.3) is 0 Å². The van der Waals surface area contributed by atoms with Crippen molar-refractivity contribution >= 4 is 44.9 Å². The van der Waals surface area contributed by atoms with E-state index in [0.29, 0.717) is 12.4 Å². The van der Waals surface area contributed by atoms with Crippen LogP contribution >= 0.6 is 22.9 Å². The Morgan fingerprint density at radius 3 is 2.84 bits per heavy atom. The highest BCUT2D eigenvalue weighted by Crippen LogP contribution is 2.30. The fourth-order valence-electron chi connectivity index (χ4n) is 1.54. The average Bonchev–Trinajstić information content (AvgIpc) is 2.66. The van der Waals surface area contributed by atoms with E-state index in [9.17, 15) is 4.79 Å². The zero-order valence-electron chi connectivity index (χ0n) is 11.0. The third kappa shape index (κ3) is 2.96. The number of hydrogen-bond donors (Lipinski definition) is 2. The van der Waals surface area contributed by atoms with Crippen molar-refractivity contribution < 1.29 is 4.79 Å². The molecule has 0 saturated heterocycles. The van der Waals surface area contributed by atoms with Crippen LogP contribution in [0.15, 0.2) is 6.07 Å². The molecule has 3 N–H and O–H groups in total. The SMILES string of the molecule is Cc1cc2c(NCC(C)(C)C(N)=O)nc(Cl)nc2s1. The predicted molar refractivity (Wildman–Crippen MR) is 78.6 cm³/mol. The normalized spacial score (nSPS) is 11.8. The van der Waals surface area contributed by atoms with Crippen LogP contribution in [0.5, 0.6) is 0 Å². The van der Waals surface area contributed by atoms with E-state index in [1.807, 2.05) is 13.0 Å². The van der Waals surface area contributed by atoms with Crippen LogP contribution in [0.1, 0.15) is 18.7 Å². The van der Waals surface area contributed by atoms with Crippen molar-refractivity contribution in [3.63, 3.8) is 0 Å². The van der Waals surface area contributed by atoms with Crippen LogP contribution in [0.2, 0.25) is 5.28 Å². The Labute approximate surface area is 120 Å². The lowest BCUT2D eigenvalue weighted by molar-refractivity contribution is -0.125. The summed E-state index contributed by atoms with van der Waals surface area (Å²) in [4.78, 5) is 21.6. The van der Waals surface area contributed by atoms with Gasteiger partial charge in [0.1, 0.15) is 10.6 Å². The van der Waals surface area contributed by atoms with Gasteiger partial charge in [-0.15, -0.1) is 11.3 Å². The highest BCUT2D eigenvalue weighted by molar-refractivity contribution is 7.18. The highest BCUT2D eigenvalue weighted by Gasteiger charge is 2.25. The van der Waals surface area contributed by atoms with E-state index in [2.05, 4.69) is 15.3 Å². The van der Waals surface area contributed by atoms with Crippen LogP contribution in [-0.2, 0) is 4.79 Å². The second kappa shape index (κ2) is 4.94. The minimum Gasteiger partial charge on any atom is -0.369 e. The van der Waals surface area contributed by atoms with Crippen LogP contribution in [0, 0.1) is 12.3 Å². The zero-order valence-corrected chi connectivity index (χ0v) is 12.5. The van der Waals surface area contributed by atoms with Crippen LogP contribution < -0.4 is 11.1 Å². The van der Waals surface area contributed by atoms with Gasteiger partial charge in [-0.1, -0.05) is 0 Å². The summed E-state index contributed by atoms with van der Waals surface area (Å²) in [6.07, 6.45) is 0. The quantitative estimate of drug-likeness (QED) is 0.850. The van der Waals surface area contributed by atoms with Gasteiger partial charge >= 0.3 is 0 Å². The first kappa shape index (κ1) is 14.0. The third-order valence-electron chi connectivity index (χ3n) is 2.85. The lowest BCUT2D eigenvalue weighted by Gasteiger charge is -2.21. The van der Waals surface area contributed by atoms with Gasteiger partial charge in [0.05, 0.1) is 10.8 Å². The zero-order chi connectivity index (χ0) is 14.2. The van der Waals surface area contributed by atoms with E-state index in [4.69, 9.17) is 17.3 Å². The summed E-state index contributed by atoms with van der Waals surface area (Å²) in [6.45, 7) is 5.94. The maximum Gasteiger partial charge on any atom is 0.225 e. The molecule has 0 spiro atoms. The lowest BCUT2D eigenvalue weighted by Crippen LogP contribution is -2.37. The van der Waals surface area contributed by atoms with Crippen LogP contribution in [-0.4, -0.2) is 22.4 Å². The van der Waals surface area contributed by atoms with Gasteiger partial charge in [-0.25, -0.2) is 9.97 Å². The highest BCUT2D eigenvalue weighted by atomic mass is 35.5. The number of anilines is 1. The van der Waals surface area contributed by atoms with E-state index in [1.165, 1.54) is 0 Å². The number of aryl methyl sites for hydroxylation is 1. The van der Waals surface area contributed by atoms with Crippen molar-refractivity contribution in [1.29, 1.82) is 0 Å². The molecule has 0 saturated carbocycles. The topological polar surface area (TPSA) is 80.9 Å². The summed E-state index contributed by atoms with van der Waals surface area (Å²) in [5.74, 6) is 0.270. The second-order valence-electron chi connectivity index (χ2n) is 5.02. The molecule has 1 amide bonds. The van der Waals surface area contributed by atoms with E-state index in [-0.39, 0.29) is 11.2 Å². The minimum atomic E-state index is -0.658. The summed E-state index contributed by atoms with van der Waals surface area (Å²) in [5.41, 5.74) is 4.69. The van der Waals surface area contributed by atoms with Crippen molar-refractivity contribution in [2.75, 3.05) is 11.9 Å². The van der Waals surface area contributed by atoms with Gasteiger partial charge in [0, 0.05) is 11.4 Å². The number of nitrogens with two attached hydrogens (primary N) is 1. The molecule has 0 fully saturated rings. The van der Waals surface area contributed by atoms with E-state index in [0.717, 1.165) is 15.1 Å². The molecule has 19 heavy (non-hydrogen) atoms. The first-order valence-corrected chi connectivity index (χ1v) is 6.96. The first-order valence-electron chi connectivity index (χ1n) is 5.77. The molecular formula is C12H15ClN4OS. The molecule has 0 bridgehead atoms. The molecule has 7 heteroatoms. The Kier molecular flexibility index (Phi) is 3.64. The number of carbonyl (C=O) groups excluding carboxylic acids is 1. The Hall–Kier alpha value is -1.40. The van der Waals surface area contributed by atoms with Gasteiger partial charge in [-0.05, 0) is 38.4 Å². The first-order chi connectivity index (χ1) is 8.79.